The molecule has 2 aromatic rings. The van der Waals surface area contributed by atoms with E-state index in [4.69, 9.17) is 4.74 Å². The highest BCUT2D eigenvalue weighted by atomic mass is 19.3. The molecule has 1 heterocycles. The van der Waals surface area contributed by atoms with E-state index in [-0.39, 0.29) is 18.3 Å². The van der Waals surface area contributed by atoms with E-state index >= 15 is 0 Å². The van der Waals surface area contributed by atoms with E-state index < -0.39 is 18.0 Å². The summed E-state index contributed by atoms with van der Waals surface area (Å²) in [6, 6.07) is 12.9. The van der Waals surface area contributed by atoms with Crippen molar-refractivity contribution in [2.45, 2.75) is 13.0 Å². The Morgan fingerprint density at radius 2 is 1.87 bits per heavy atom. The number of amides is 2. The van der Waals surface area contributed by atoms with Gasteiger partial charge in [0.1, 0.15) is 18.0 Å². The second-order valence-corrected chi connectivity index (χ2v) is 6.73. The van der Waals surface area contributed by atoms with Crippen LogP contribution in [0.5, 0.6) is 5.75 Å². The van der Waals surface area contributed by atoms with Gasteiger partial charge in [-0.15, -0.1) is 0 Å². The molecular weight excluding hydrogens is 398 g/mol. The van der Waals surface area contributed by atoms with Gasteiger partial charge in [0.25, 0.3) is 12.1 Å². The van der Waals surface area contributed by atoms with Gasteiger partial charge in [-0.25, -0.2) is 13.6 Å². The fourth-order valence-corrected chi connectivity index (χ4v) is 3.23. The first kappa shape index (κ1) is 21.3. The summed E-state index contributed by atoms with van der Waals surface area (Å²) in [5.74, 6) is 0.320. The number of hydrogen-bond donors (Lipinski definition) is 1. The van der Waals surface area contributed by atoms with Crippen LogP contribution in [0.25, 0.3) is 0 Å². The zero-order valence-corrected chi connectivity index (χ0v) is 16.2. The zero-order chi connectivity index (χ0) is 21.5. The predicted octanol–water partition coefficient (Wildman–Crippen LogP) is 3.27. The maximum absolute atomic E-state index is 12.4. The van der Waals surface area contributed by atoms with Gasteiger partial charge in [-0.05, 0) is 23.8 Å². The number of carbonyl (C=O) groups excluding carboxylic acids is 1. The molecule has 0 atom stereocenters. The smallest absolute Gasteiger partial charge is 0.317 e. The van der Waals surface area contributed by atoms with Crippen LogP contribution < -0.4 is 15.0 Å². The summed E-state index contributed by atoms with van der Waals surface area (Å²) in [5.41, 5.74) is 1.32. The molecule has 30 heavy (non-hydrogen) atoms. The third-order valence-corrected chi connectivity index (χ3v) is 4.70. The Balaban J connectivity index is 1.50. The highest BCUT2D eigenvalue weighted by Crippen LogP contribution is 2.28. The van der Waals surface area contributed by atoms with Crippen LogP contribution in [0.15, 0.2) is 48.5 Å². The average molecular weight is 420 g/mol. The molecule has 0 radical (unpaired) electrons. The van der Waals surface area contributed by atoms with Crippen molar-refractivity contribution in [3.8, 4) is 5.75 Å². The molecule has 1 N–H and O–H groups in total. The molecule has 0 spiro atoms. The Kier molecular flexibility index (Phi) is 6.99. The van der Waals surface area contributed by atoms with Crippen molar-refractivity contribution in [3.63, 3.8) is 0 Å². The molecule has 0 aromatic heterocycles. The van der Waals surface area contributed by atoms with Crippen LogP contribution >= 0.6 is 0 Å². The summed E-state index contributed by atoms with van der Waals surface area (Å²) in [4.78, 5) is 26.8. The molecule has 160 valence electrons. The summed E-state index contributed by atoms with van der Waals surface area (Å²) in [7, 11) is 0. The highest BCUT2D eigenvalue weighted by molar-refractivity contribution is 5.75. The van der Waals surface area contributed by atoms with Gasteiger partial charge >= 0.3 is 6.03 Å². The van der Waals surface area contributed by atoms with Crippen molar-refractivity contribution in [3.05, 3.63) is 64.2 Å². The molecule has 10 heteroatoms. The number of rotatable bonds is 7. The number of nitrogens with zero attached hydrogens (tertiary/aromatic N) is 3. The van der Waals surface area contributed by atoms with Gasteiger partial charge in [-0.3, -0.25) is 10.1 Å². The Morgan fingerprint density at radius 3 is 2.57 bits per heavy atom. The van der Waals surface area contributed by atoms with Gasteiger partial charge in [0.2, 0.25) is 0 Å². The molecule has 3 rings (SSSR count). The summed E-state index contributed by atoms with van der Waals surface area (Å²) in [6.07, 6.45) is -2.55. The highest BCUT2D eigenvalue weighted by Gasteiger charge is 2.25. The Hall–Kier alpha value is -3.43. The Labute approximate surface area is 172 Å². The lowest BCUT2D eigenvalue weighted by molar-refractivity contribution is -0.384. The van der Waals surface area contributed by atoms with Crippen LogP contribution in [0.4, 0.5) is 25.0 Å². The van der Waals surface area contributed by atoms with E-state index in [2.05, 4.69) is 5.32 Å². The van der Waals surface area contributed by atoms with E-state index in [1.165, 1.54) is 6.07 Å². The number of alkyl halides is 2. The van der Waals surface area contributed by atoms with Gasteiger partial charge in [0.15, 0.2) is 0 Å². The van der Waals surface area contributed by atoms with Crippen molar-refractivity contribution in [1.29, 1.82) is 0 Å². The van der Waals surface area contributed by atoms with Gasteiger partial charge < -0.3 is 19.9 Å². The number of hydrogen-bond acceptors (Lipinski definition) is 5. The monoisotopic (exact) mass is 420 g/mol. The third kappa shape index (κ3) is 5.56. The Bertz CT molecular complexity index is 889. The zero-order valence-electron chi connectivity index (χ0n) is 16.2. The molecular formula is C20H22F2N4O4. The maximum Gasteiger partial charge on any atom is 0.317 e. The average Bonchev–Trinajstić information content (AvgIpc) is 2.76. The molecule has 1 aliphatic rings. The number of nitro groups is 1. The van der Waals surface area contributed by atoms with Crippen LogP contribution in [0, 0.1) is 10.1 Å². The first-order valence-corrected chi connectivity index (χ1v) is 9.45. The van der Waals surface area contributed by atoms with Gasteiger partial charge in [-0.2, -0.15) is 0 Å². The van der Waals surface area contributed by atoms with E-state index in [1.807, 2.05) is 4.90 Å². The summed E-state index contributed by atoms with van der Waals surface area (Å²) in [5, 5.41) is 14.0. The lowest BCUT2D eigenvalue weighted by Crippen LogP contribution is -2.51. The number of benzene rings is 2. The molecule has 0 unspecified atom stereocenters. The normalized spacial score (nSPS) is 14.0. The fraction of sp³-hybridized carbons (Fsp3) is 0.350. The number of carbonyl (C=O) groups is 1. The van der Waals surface area contributed by atoms with E-state index in [0.717, 1.165) is 5.56 Å². The number of nitrogens with one attached hydrogen (secondary N) is 1. The van der Waals surface area contributed by atoms with E-state index in [1.54, 1.807) is 47.4 Å². The number of halogens is 2. The first-order valence-electron chi connectivity index (χ1n) is 9.45. The Morgan fingerprint density at radius 1 is 1.13 bits per heavy atom. The van der Waals surface area contributed by atoms with Crippen LogP contribution in [-0.2, 0) is 6.54 Å². The van der Waals surface area contributed by atoms with Crippen LogP contribution in [0.3, 0.4) is 0 Å². The molecule has 0 bridgehead atoms. The summed E-state index contributed by atoms with van der Waals surface area (Å²) < 4.78 is 29.5. The number of urea groups is 1. The molecule has 2 aromatic carbocycles. The molecule has 8 nitrogen and oxygen atoms in total. The lowest BCUT2D eigenvalue weighted by Gasteiger charge is -2.35. The third-order valence-electron chi connectivity index (χ3n) is 4.70. The second-order valence-electron chi connectivity index (χ2n) is 6.73. The standard InChI is InChI=1S/C20H22F2N4O4/c21-19(22)14-30-16-5-3-4-15(12-16)13-23-20(27)25-10-8-24(9-11-25)17-6-1-2-7-18(17)26(28)29/h1-7,12,19H,8-11,13-14H2,(H,23,27). The van der Waals surface area contributed by atoms with Crippen LogP contribution in [-0.4, -0.2) is 55.1 Å². The number of para-hydroxylation sites is 2. The van der Waals surface area contributed by atoms with Crippen molar-refractivity contribution in [2.24, 2.45) is 0 Å². The molecule has 0 saturated carbocycles. The molecule has 1 fully saturated rings. The van der Waals surface area contributed by atoms with Crippen molar-refractivity contribution in [1.82, 2.24) is 10.2 Å². The first-order chi connectivity index (χ1) is 14.4. The second kappa shape index (κ2) is 9.86. The summed E-state index contributed by atoms with van der Waals surface area (Å²) in [6.45, 7) is 1.37. The number of anilines is 1. The van der Waals surface area contributed by atoms with Crippen LogP contribution in [0.2, 0.25) is 0 Å². The van der Waals surface area contributed by atoms with E-state index in [0.29, 0.717) is 37.6 Å². The van der Waals surface area contributed by atoms with Crippen molar-refractivity contribution >= 4 is 17.4 Å². The van der Waals surface area contributed by atoms with Gasteiger partial charge in [0.05, 0.1) is 4.92 Å². The van der Waals surface area contributed by atoms with E-state index in [9.17, 15) is 23.7 Å². The fourth-order valence-electron chi connectivity index (χ4n) is 3.23. The SMILES string of the molecule is O=C(NCc1cccc(OCC(F)F)c1)N1CCN(c2ccccc2[N+](=O)[O-])CC1. The minimum Gasteiger partial charge on any atom is -0.488 e. The predicted molar refractivity (Wildman–Crippen MR) is 107 cm³/mol. The molecule has 2 amide bonds. The molecule has 0 aliphatic carbocycles. The lowest BCUT2D eigenvalue weighted by atomic mass is 10.2. The minimum absolute atomic E-state index is 0.0457. The van der Waals surface area contributed by atoms with Crippen molar-refractivity contribution < 1.29 is 23.2 Å². The number of piperazine rings is 1. The number of ether oxygens (including phenoxy) is 1. The minimum atomic E-state index is -2.55. The van der Waals surface area contributed by atoms with Gasteiger partial charge in [0, 0.05) is 38.8 Å². The maximum atomic E-state index is 12.4. The number of nitro benzene ring substituents is 1. The van der Waals surface area contributed by atoms with Crippen molar-refractivity contribution in [2.75, 3.05) is 37.7 Å². The largest absolute Gasteiger partial charge is 0.488 e. The summed E-state index contributed by atoms with van der Waals surface area (Å²) >= 11 is 0. The topological polar surface area (TPSA) is 88.0 Å². The van der Waals surface area contributed by atoms with Gasteiger partial charge in [-0.1, -0.05) is 24.3 Å². The quantitative estimate of drug-likeness (QED) is 0.549. The molecule has 1 aliphatic heterocycles. The van der Waals surface area contributed by atoms with Crippen LogP contribution in [0.1, 0.15) is 5.56 Å². The molecule has 1 saturated heterocycles.